The minimum Gasteiger partial charge on any atom is -0.399 e. The van der Waals surface area contributed by atoms with Crippen molar-refractivity contribution in [1.82, 2.24) is 5.32 Å². The molecular weight excluding hydrogens is 251 g/mol. The van der Waals surface area contributed by atoms with E-state index in [1.54, 1.807) is 12.1 Å². The normalized spacial score (nSPS) is 18.8. The van der Waals surface area contributed by atoms with Crippen molar-refractivity contribution in [2.45, 2.75) is 31.8 Å². The lowest BCUT2D eigenvalue weighted by Crippen LogP contribution is -2.23. The number of benzene rings is 2. The molecule has 3 rings (SSSR count). The van der Waals surface area contributed by atoms with Crippen LogP contribution in [0, 0.1) is 5.82 Å². The van der Waals surface area contributed by atoms with Crippen LogP contribution in [-0.4, -0.2) is 0 Å². The van der Waals surface area contributed by atoms with Gasteiger partial charge in [0.1, 0.15) is 5.82 Å². The number of fused-ring (bicyclic) bond motifs is 1. The van der Waals surface area contributed by atoms with Crippen molar-refractivity contribution in [3.05, 3.63) is 65.0 Å². The van der Waals surface area contributed by atoms with Crippen LogP contribution in [-0.2, 0) is 6.42 Å². The van der Waals surface area contributed by atoms with Gasteiger partial charge in [-0.15, -0.1) is 0 Å². The Hall–Kier alpha value is -1.87. The van der Waals surface area contributed by atoms with E-state index in [9.17, 15) is 4.39 Å². The number of hydrogen-bond acceptors (Lipinski definition) is 2. The van der Waals surface area contributed by atoms with Gasteiger partial charge >= 0.3 is 0 Å². The molecule has 3 N–H and O–H groups in total. The Morgan fingerprint density at radius 3 is 2.90 bits per heavy atom. The highest BCUT2D eigenvalue weighted by molar-refractivity contribution is 5.47. The first-order chi connectivity index (χ1) is 9.63. The molecule has 0 saturated carbocycles. The summed E-state index contributed by atoms with van der Waals surface area (Å²) in [6, 6.07) is 13.3. The van der Waals surface area contributed by atoms with Gasteiger partial charge in [-0.2, -0.15) is 0 Å². The molecule has 0 fully saturated rings. The maximum absolute atomic E-state index is 13.3. The van der Waals surface area contributed by atoms with E-state index in [4.69, 9.17) is 5.73 Å². The lowest BCUT2D eigenvalue weighted by Gasteiger charge is -2.21. The highest BCUT2D eigenvalue weighted by Crippen LogP contribution is 2.34. The van der Waals surface area contributed by atoms with Gasteiger partial charge in [0.15, 0.2) is 0 Å². The molecule has 1 aliphatic carbocycles. The van der Waals surface area contributed by atoms with Crippen molar-refractivity contribution in [2.75, 3.05) is 5.73 Å². The third kappa shape index (κ3) is 2.54. The van der Waals surface area contributed by atoms with Crippen molar-refractivity contribution in [1.29, 1.82) is 0 Å². The molecule has 0 aliphatic heterocycles. The van der Waals surface area contributed by atoms with E-state index in [1.165, 1.54) is 17.2 Å². The summed E-state index contributed by atoms with van der Waals surface area (Å²) in [6.07, 6.45) is 2.12. The average molecular weight is 270 g/mol. The van der Waals surface area contributed by atoms with Crippen LogP contribution in [0.1, 0.15) is 42.1 Å². The number of nitrogen functional groups attached to an aromatic ring is 1. The van der Waals surface area contributed by atoms with Gasteiger partial charge in [0.05, 0.1) is 0 Å². The highest BCUT2D eigenvalue weighted by atomic mass is 19.1. The second-order valence-corrected chi connectivity index (χ2v) is 5.49. The van der Waals surface area contributed by atoms with Crippen molar-refractivity contribution in [2.24, 2.45) is 0 Å². The molecule has 0 heterocycles. The summed E-state index contributed by atoms with van der Waals surface area (Å²) in [5.74, 6) is -0.184. The molecule has 3 heteroatoms. The number of nitrogens with two attached hydrogens (primary N) is 1. The quantitative estimate of drug-likeness (QED) is 0.834. The Labute approximate surface area is 118 Å². The van der Waals surface area contributed by atoms with Crippen molar-refractivity contribution >= 4 is 5.69 Å². The third-order valence-corrected chi connectivity index (χ3v) is 4.04. The summed E-state index contributed by atoms with van der Waals surface area (Å²) in [7, 11) is 0. The van der Waals surface area contributed by atoms with Crippen LogP contribution < -0.4 is 11.1 Å². The van der Waals surface area contributed by atoms with Crippen LogP contribution in [0.15, 0.2) is 42.5 Å². The zero-order valence-electron chi connectivity index (χ0n) is 11.6. The van der Waals surface area contributed by atoms with Gasteiger partial charge in [-0.25, -0.2) is 4.39 Å². The second kappa shape index (κ2) is 5.25. The van der Waals surface area contributed by atoms with E-state index in [0.29, 0.717) is 6.04 Å². The smallest absolute Gasteiger partial charge is 0.123 e. The number of nitrogens with one attached hydrogen (secondary N) is 1. The Balaban J connectivity index is 1.77. The summed E-state index contributed by atoms with van der Waals surface area (Å²) in [4.78, 5) is 0. The molecule has 2 nitrogen and oxygen atoms in total. The van der Waals surface area contributed by atoms with Gasteiger partial charge in [0.25, 0.3) is 0 Å². The summed E-state index contributed by atoms with van der Waals surface area (Å²) in [5.41, 5.74) is 10.3. The van der Waals surface area contributed by atoms with Crippen LogP contribution in [0.5, 0.6) is 0 Å². The van der Waals surface area contributed by atoms with Gasteiger partial charge in [0, 0.05) is 17.8 Å². The standard InChI is InChI=1S/C17H19FN2/c1-11(12-3-2-4-14(18)9-12)20-17-8-5-13-10-15(19)6-7-16(13)17/h2-4,6-7,9-11,17,20H,5,8,19H2,1H3/t11-,17?/m0/s1. The minimum absolute atomic E-state index is 0.124. The molecule has 0 bridgehead atoms. The van der Waals surface area contributed by atoms with Crippen LogP contribution in [0.2, 0.25) is 0 Å². The molecule has 2 aromatic rings. The molecule has 0 saturated heterocycles. The number of rotatable bonds is 3. The molecule has 0 radical (unpaired) electrons. The number of aryl methyl sites for hydroxylation is 1. The van der Waals surface area contributed by atoms with Crippen molar-refractivity contribution in [3.8, 4) is 0 Å². The van der Waals surface area contributed by atoms with Crippen molar-refractivity contribution < 1.29 is 4.39 Å². The average Bonchev–Trinajstić information content (AvgIpc) is 2.81. The topological polar surface area (TPSA) is 38.0 Å². The van der Waals surface area contributed by atoms with E-state index >= 15 is 0 Å². The zero-order valence-corrected chi connectivity index (χ0v) is 11.6. The van der Waals surface area contributed by atoms with Crippen LogP contribution in [0.25, 0.3) is 0 Å². The molecular formula is C17H19FN2. The number of hydrogen-bond donors (Lipinski definition) is 2. The first-order valence-corrected chi connectivity index (χ1v) is 7.03. The second-order valence-electron chi connectivity index (χ2n) is 5.49. The summed E-state index contributed by atoms with van der Waals surface area (Å²) in [6.45, 7) is 2.07. The van der Waals surface area contributed by atoms with Gasteiger partial charge in [-0.05, 0) is 60.7 Å². The fourth-order valence-electron chi connectivity index (χ4n) is 2.98. The lowest BCUT2D eigenvalue weighted by molar-refractivity contribution is 0.463. The Morgan fingerprint density at radius 2 is 2.10 bits per heavy atom. The van der Waals surface area contributed by atoms with E-state index in [-0.39, 0.29) is 11.9 Å². The van der Waals surface area contributed by atoms with Crippen LogP contribution in [0.3, 0.4) is 0 Å². The summed E-state index contributed by atoms with van der Waals surface area (Å²) < 4.78 is 13.3. The Bertz CT molecular complexity index is 624. The fraction of sp³-hybridized carbons (Fsp3) is 0.294. The molecule has 0 spiro atoms. The lowest BCUT2D eigenvalue weighted by atomic mass is 10.0. The highest BCUT2D eigenvalue weighted by Gasteiger charge is 2.23. The molecule has 104 valence electrons. The predicted octanol–water partition coefficient (Wildman–Crippen LogP) is 3.75. The molecule has 0 aromatic heterocycles. The van der Waals surface area contributed by atoms with E-state index < -0.39 is 0 Å². The predicted molar refractivity (Wildman–Crippen MR) is 79.9 cm³/mol. The molecule has 0 amide bonds. The van der Waals surface area contributed by atoms with E-state index in [2.05, 4.69) is 24.4 Å². The number of halogens is 1. The SMILES string of the molecule is C[C@H](NC1CCc2cc(N)ccc21)c1cccc(F)c1. The molecule has 2 aromatic carbocycles. The van der Waals surface area contributed by atoms with Gasteiger partial charge in [0.2, 0.25) is 0 Å². The first-order valence-electron chi connectivity index (χ1n) is 7.03. The maximum atomic E-state index is 13.3. The summed E-state index contributed by atoms with van der Waals surface area (Å²) >= 11 is 0. The van der Waals surface area contributed by atoms with Gasteiger partial charge < -0.3 is 11.1 Å². The van der Waals surface area contributed by atoms with E-state index in [1.807, 2.05) is 12.1 Å². The largest absolute Gasteiger partial charge is 0.399 e. The monoisotopic (exact) mass is 270 g/mol. The zero-order chi connectivity index (χ0) is 14.1. The van der Waals surface area contributed by atoms with Gasteiger partial charge in [-0.1, -0.05) is 18.2 Å². The third-order valence-electron chi connectivity index (χ3n) is 4.04. The van der Waals surface area contributed by atoms with Crippen LogP contribution >= 0.6 is 0 Å². The summed E-state index contributed by atoms with van der Waals surface area (Å²) in [5, 5.41) is 3.59. The Morgan fingerprint density at radius 1 is 1.25 bits per heavy atom. The van der Waals surface area contributed by atoms with Crippen LogP contribution in [0.4, 0.5) is 10.1 Å². The Kier molecular flexibility index (Phi) is 3.45. The molecule has 1 aliphatic rings. The number of anilines is 1. The maximum Gasteiger partial charge on any atom is 0.123 e. The molecule has 2 atom stereocenters. The molecule has 20 heavy (non-hydrogen) atoms. The minimum atomic E-state index is -0.184. The fourth-order valence-corrected chi connectivity index (χ4v) is 2.98. The molecule has 1 unspecified atom stereocenters. The first kappa shape index (κ1) is 13.1. The van der Waals surface area contributed by atoms with E-state index in [0.717, 1.165) is 24.1 Å². The van der Waals surface area contributed by atoms with Crippen molar-refractivity contribution in [3.63, 3.8) is 0 Å². The van der Waals surface area contributed by atoms with Gasteiger partial charge in [-0.3, -0.25) is 0 Å².